The summed E-state index contributed by atoms with van der Waals surface area (Å²) in [4.78, 5) is 14.8. The fourth-order valence-corrected chi connectivity index (χ4v) is 3.14. The molecule has 0 aromatic heterocycles. The maximum absolute atomic E-state index is 12.3. The molecule has 1 heterocycles. The SMILES string of the molecule is Cc1ccc(Br)cc1C(=O)NC1CCN(C2CC2)C1. The summed E-state index contributed by atoms with van der Waals surface area (Å²) < 4.78 is 0.953. The predicted molar refractivity (Wildman–Crippen MR) is 79.3 cm³/mol. The fraction of sp³-hybridized carbons (Fsp3) is 0.533. The van der Waals surface area contributed by atoms with E-state index in [4.69, 9.17) is 0 Å². The molecule has 1 unspecified atom stereocenters. The zero-order chi connectivity index (χ0) is 13.4. The van der Waals surface area contributed by atoms with E-state index in [-0.39, 0.29) is 5.91 Å². The van der Waals surface area contributed by atoms with Gasteiger partial charge in [-0.05, 0) is 43.9 Å². The van der Waals surface area contributed by atoms with Gasteiger partial charge in [0.2, 0.25) is 0 Å². The highest BCUT2D eigenvalue weighted by molar-refractivity contribution is 9.10. The summed E-state index contributed by atoms with van der Waals surface area (Å²) in [5.41, 5.74) is 1.80. The first-order valence-corrected chi connectivity index (χ1v) is 7.74. The van der Waals surface area contributed by atoms with E-state index in [1.54, 1.807) is 0 Å². The largest absolute Gasteiger partial charge is 0.348 e. The number of rotatable bonds is 3. The third-order valence-corrected chi connectivity index (χ3v) is 4.56. The zero-order valence-corrected chi connectivity index (χ0v) is 12.7. The smallest absolute Gasteiger partial charge is 0.251 e. The van der Waals surface area contributed by atoms with Gasteiger partial charge in [0.1, 0.15) is 0 Å². The van der Waals surface area contributed by atoms with Crippen molar-refractivity contribution in [1.82, 2.24) is 10.2 Å². The molecule has 0 spiro atoms. The van der Waals surface area contributed by atoms with Gasteiger partial charge in [-0.25, -0.2) is 0 Å². The molecule has 1 aromatic rings. The Kier molecular flexibility index (Phi) is 3.63. The van der Waals surface area contributed by atoms with Gasteiger partial charge in [-0.2, -0.15) is 0 Å². The van der Waals surface area contributed by atoms with Gasteiger partial charge in [0.05, 0.1) is 0 Å². The summed E-state index contributed by atoms with van der Waals surface area (Å²) in [5.74, 6) is 0.0569. The van der Waals surface area contributed by atoms with Gasteiger partial charge >= 0.3 is 0 Å². The van der Waals surface area contributed by atoms with Crippen molar-refractivity contribution < 1.29 is 4.79 Å². The first kappa shape index (κ1) is 13.1. The van der Waals surface area contributed by atoms with Crippen LogP contribution in [0, 0.1) is 6.92 Å². The van der Waals surface area contributed by atoms with Gasteiger partial charge in [-0.3, -0.25) is 9.69 Å². The second kappa shape index (κ2) is 5.25. The van der Waals surface area contributed by atoms with Gasteiger partial charge < -0.3 is 5.32 Å². The summed E-state index contributed by atoms with van der Waals surface area (Å²) in [6.07, 6.45) is 3.76. The number of benzene rings is 1. The molecular formula is C15H19BrN2O. The lowest BCUT2D eigenvalue weighted by Gasteiger charge is -2.16. The Bertz CT molecular complexity index is 499. The number of likely N-dealkylation sites (tertiary alicyclic amines) is 1. The summed E-state index contributed by atoms with van der Waals surface area (Å²) in [7, 11) is 0. The van der Waals surface area contributed by atoms with Crippen LogP contribution in [0.25, 0.3) is 0 Å². The Morgan fingerprint density at radius 2 is 2.16 bits per heavy atom. The molecule has 4 heteroatoms. The molecule has 3 rings (SSSR count). The number of nitrogens with one attached hydrogen (secondary N) is 1. The molecule has 2 aliphatic rings. The first-order valence-electron chi connectivity index (χ1n) is 6.94. The number of aryl methyl sites for hydroxylation is 1. The van der Waals surface area contributed by atoms with E-state index in [0.29, 0.717) is 6.04 Å². The quantitative estimate of drug-likeness (QED) is 0.928. The van der Waals surface area contributed by atoms with Gasteiger partial charge in [0.25, 0.3) is 5.91 Å². The van der Waals surface area contributed by atoms with Crippen LogP contribution in [0.3, 0.4) is 0 Å². The molecule has 1 aliphatic heterocycles. The molecule has 1 atom stereocenters. The molecule has 1 aliphatic carbocycles. The lowest BCUT2D eigenvalue weighted by molar-refractivity contribution is 0.0937. The number of carbonyl (C=O) groups is 1. The first-order chi connectivity index (χ1) is 9.13. The van der Waals surface area contributed by atoms with Crippen LogP contribution in [0.1, 0.15) is 35.2 Å². The highest BCUT2D eigenvalue weighted by Crippen LogP contribution is 2.29. The summed E-state index contributed by atoms with van der Waals surface area (Å²) >= 11 is 3.43. The Morgan fingerprint density at radius 3 is 2.89 bits per heavy atom. The van der Waals surface area contributed by atoms with Crippen molar-refractivity contribution in [3.05, 3.63) is 33.8 Å². The van der Waals surface area contributed by atoms with E-state index in [9.17, 15) is 4.79 Å². The molecule has 102 valence electrons. The number of carbonyl (C=O) groups excluding carboxylic acids is 1. The standard InChI is InChI=1S/C15H19BrN2O/c1-10-2-3-11(16)8-14(10)15(19)17-12-6-7-18(9-12)13-4-5-13/h2-3,8,12-13H,4-7,9H2,1H3,(H,17,19). The minimum absolute atomic E-state index is 0.0569. The monoisotopic (exact) mass is 322 g/mol. The number of amides is 1. The maximum Gasteiger partial charge on any atom is 0.251 e. The van der Waals surface area contributed by atoms with Crippen LogP contribution in [0.4, 0.5) is 0 Å². The Labute approximate surface area is 122 Å². The molecule has 1 saturated carbocycles. The van der Waals surface area contributed by atoms with Crippen LogP contribution in [-0.2, 0) is 0 Å². The summed E-state index contributed by atoms with van der Waals surface area (Å²) in [6, 6.07) is 6.96. The van der Waals surface area contributed by atoms with Crippen LogP contribution in [0.15, 0.2) is 22.7 Å². The topological polar surface area (TPSA) is 32.3 Å². The molecule has 0 bridgehead atoms. The Hall–Kier alpha value is -0.870. The lowest BCUT2D eigenvalue weighted by atomic mass is 10.1. The Morgan fingerprint density at radius 1 is 1.37 bits per heavy atom. The van der Waals surface area contributed by atoms with E-state index in [0.717, 1.165) is 41.2 Å². The minimum atomic E-state index is 0.0569. The number of nitrogens with zero attached hydrogens (tertiary/aromatic N) is 1. The molecule has 1 saturated heterocycles. The van der Waals surface area contributed by atoms with Crippen molar-refractivity contribution in [2.24, 2.45) is 0 Å². The van der Waals surface area contributed by atoms with Crippen molar-refractivity contribution in [3.8, 4) is 0 Å². The number of hydrogen-bond acceptors (Lipinski definition) is 2. The molecule has 1 aromatic carbocycles. The molecule has 2 fully saturated rings. The van der Waals surface area contributed by atoms with Crippen LogP contribution in [0.5, 0.6) is 0 Å². The molecule has 1 N–H and O–H groups in total. The van der Waals surface area contributed by atoms with Gasteiger partial charge in [0.15, 0.2) is 0 Å². The van der Waals surface area contributed by atoms with E-state index < -0.39 is 0 Å². The average Bonchev–Trinajstić information content (AvgIpc) is 3.13. The van der Waals surface area contributed by atoms with Crippen molar-refractivity contribution in [2.45, 2.75) is 38.3 Å². The normalized spacial score (nSPS) is 23.6. The molecule has 1 amide bonds. The second-order valence-corrected chi connectivity index (χ2v) is 6.56. The van der Waals surface area contributed by atoms with Crippen molar-refractivity contribution in [3.63, 3.8) is 0 Å². The minimum Gasteiger partial charge on any atom is -0.348 e. The zero-order valence-electron chi connectivity index (χ0n) is 11.2. The van der Waals surface area contributed by atoms with Crippen molar-refractivity contribution in [2.75, 3.05) is 13.1 Å². The van der Waals surface area contributed by atoms with Gasteiger partial charge in [-0.15, -0.1) is 0 Å². The van der Waals surface area contributed by atoms with Gasteiger partial charge in [0, 0.05) is 35.2 Å². The van der Waals surface area contributed by atoms with Crippen molar-refractivity contribution >= 4 is 21.8 Å². The molecular weight excluding hydrogens is 304 g/mol. The van der Waals surface area contributed by atoms with Crippen LogP contribution >= 0.6 is 15.9 Å². The summed E-state index contributed by atoms with van der Waals surface area (Å²) in [5, 5.41) is 3.17. The van der Waals surface area contributed by atoms with E-state index >= 15 is 0 Å². The highest BCUT2D eigenvalue weighted by atomic mass is 79.9. The Balaban J connectivity index is 1.63. The lowest BCUT2D eigenvalue weighted by Crippen LogP contribution is -2.37. The average molecular weight is 323 g/mol. The molecule has 0 radical (unpaired) electrons. The molecule has 19 heavy (non-hydrogen) atoms. The van der Waals surface area contributed by atoms with E-state index in [1.165, 1.54) is 12.8 Å². The van der Waals surface area contributed by atoms with Crippen LogP contribution in [0.2, 0.25) is 0 Å². The van der Waals surface area contributed by atoms with E-state index in [1.807, 2.05) is 25.1 Å². The highest BCUT2D eigenvalue weighted by Gasteiger charge is 2.34. The number of halogens is 1. The van der Waals surface area contributed by atoms with Crippen LogP contribution in [-0.4, -0.2) is 36.0 Å². The van der Waals surface area contributed by atoms with Gasteiger partial charge in [-0.1, -0.05) is 22.0 Å². The second-order valence-electron chi connectivity index (χ2n) is 5.64. The third-order valence-electron chi connectivity index (χ3n) is 4.06. The maximum atomic E-state index is 12.3. The van der Waals surface area contributed by atoms with E-state index in [2.05, 4.69) is 26.1 Å². The summed E-state index contributed by atoms with van der Waals surface area (Å²) in [6.45, 7) is 4.13. The van der Waals surface area contributed by atoms with Crippen LogP contribution < -0.4 is 5.32 Å². The fourth-order valence-electron chi connectivity index (χ4n) is 2.78. The van der Waals surface area contributed by atoms with Crippen molar-refractivity contribution in [1.29, 1.82) is 0 Å². The predicted octanol–water partition coefficient (Wildman–Crippen LogP) is 2.72. The molecule has 3 nitrogen and oxygen atoms in total. The third kappa shape index (κ3) is 3.00. The number of hydrogen-bond donors (Lipinski definition) is 1.